The van der Waals surface area contributed by atoms with E-state index in [9.17, 15) is 18.3 Å². The fourth-order valence-electron chi connectivity index (χ4n) is 3.42. The number of rotatable bonds is 1. The maximum absolute atomic E-state index is 12.7. The highest BCUT2D eigenvalue weighted by Gasteiger charge is 2.48. The van der Waals surface area contributed by atoms with Gasteiger partial charge in [-0.05, 0) is 43.7 Å². The number of anilines is 1. The van der Waals surface area contributed by atoms with Crippen molar-refractivity contribution in [1.82, 2.24) is 0 Å². The molecular formula is C15H18F3NO. The zero-order valence-electron chi connectivity index (χ0n) is 11.1. The van der Waals surface area contributed by atoms with Gasteiger partial charge in [-0.2, -0.15) is 13.2 Å². The van der Waals surface area contributed by atoms with E-state index < -0.39 is 17.7 Å². The zero-order chi connectivity index (χ0) is 14.4. The molecule has 2 aliphatic rings. The van der Waals surface area contributed by atoms with Crippen LogP contribution in [-0.2, 0) is 6.42 Å². The monoisotopic (exact) mass is 285 g/mol. The molecule has 20 heavy (non-hydrogen) atoms. The van der Waals surface area contributed by atoms with Gasteiger partial charge in [-0.25, -0.2) is 0 Å². The number of benzene rings is 1. The average molecular weight is 285 g/mol. The number of para-hydroxylation sites is 1. The van der Waals surface area contributed by atoms with Gasteiger partial charge < -0.3 is 10.4 Å². The summed E-state index contributed by atoms with van der Waals surface area (Å²) in [5, 5.41) is 14.0. The fraction of sp³-hybridized carbons (Fsp3) is 0.600. The maximum Gasteiger partial charge on any atom is 0.391 e. The van der Waals surface area contributed by atoms with E-state index in [0.29, 0.717) is 6.42 Å². The highest BCUT2D eigenvalue weighted by atomic mass is 19.4. The molecule has 2 nitrogen and oxygen atoms in total. The molecule has 5 heteroatoms. The number of hydrogen-bond acceptors (Lipinski definition) is 2. The van der Waals surface area contributed by atoms with Crippen LogP contribution in [-0.4, -0.2) is 22.9 Å². The van der Waals surface area contributed by atoms with Crippen LogP contribution in [0.4, 0.5) is 18.9 Å². The molecule has 1 atom stereocenters. The third-order valence-corrected chi connectivity index (χ3v) is 4.73. The standard InChI is InChI=1S/C15H18F3NO/c16-15(17,18)11-5-7-14(20,8-6-11)13-9-10-3-1-2-4-12(10)19-13/h1-4,11,13,19-20H,5-9H2. The lowest BCUT2D eigenvalue weighted by Gasteiger charge is -2.40. The summed E-state index contributed by atoms with van der Waals surface area (Å²) in [7, 11) is 0. The Balaban J connectivity index is 1.68. The number of hydrogen-bond donors (Lipinski definition) is 2. The minimum atomic E-state index is -4.13. The molecule has 0 bridgehead atoms. The van der Waals surface area contributed by atoms with Crippen LogP contribution in [0.15, 0.2) is 24.3 Å². The van der Waals surface area contributed by atoms with Crippen LogP contribution in [0.5, 0.6) is 0 Å². The Morgan fingerprint density at radius 1 is 1.15 bits per heavy atom. The van der Waals surface area contributed by atoms with Crippen LogP contribution in [0.3, 0.4) is 0 Å². The van der Waals surface area contributed by atoms with Gasteiger partial charge in [0.1, 0.15) is 0 Å². The lowest BCUT2D eigenvalue weighted by atomic mass is 9.74. The molecule has 3 rings (SSSR count). The lowest BCUT2D eigenvalue weighted by Crippen LogP contribution is -2.49. The van der Waals surface area contributed by atoms with Crippen molar-refractivity contribution in [2.45, 2.75) is 49.9 Å². The first kappa shape index (κ1) is 13.7. The topological polar surface area (TPSA) is 32.3 Å². The highest BCUT2D eigenvalue weighted by molar-refractivity contribution is 5.57. The summed E-state index contributed by atoms with van der Waals surface area (Å²) in [5.74, 6) is -1.26. The first-order valence-electron chi connectivity index (χ1n) is 7.02. The summed E-state index contributed by atoms with van der Waals surface area (Å²) in [5.41, 5.74) is 1.09. The number of alkyl halides is 3. The minimum Gasteiger partial charge on any atom is -0.388 e. The molecule has 110 valence electrons. The van der Waals surface area contributed by atoms with Crippen molar-refractivity contribution in [3.63, 3.8) is 0 Å². The molecule has 1 fully saturated rings. The van der Waals surface area contributed by atoms with Gasteiger partial charge in [0.15, 0.2) is 0 Å². The molecule has 2 N–H and O–H groups in total. The molecule has 1 aliphatic carbocycles. The summed E-state index contributed by atoms with van der Waals surface area (Å²) >= 11 is 0. The number of halogens is 3. The van der Waals surface area contributed by atoms with Gasteiger partial charge in [0.05, 0.1) is 17.6 Å². The Labute approximate surface area is 116 Å². The molecule has 1 heterocycles. The predicted octanol–water partition coefficient (Wildman–Crippen LogP) is 3.51. The first-order chi connectivity index (χ1) is 9.38. The van der Waals surface area contributed by atoms with Gasteiger partial charge in [-0.15, -0.1) is 0 Å². The van der Waals surface area contributed by atoms with Gasteiger partial charge in [0.2, 0.25) is 0 Å². The van der Waals surface area contributed by atoms with E-state index in [-0.39, 0.29) is 31.7 Å². The molecule has 0 amide bonds. The number of nitrogens with one attached hydrogen (secondary N) is 1. The SMILES string of the molecule is OC1(C2Cc3ccccc3N2)CCC(C(F)(F)F)CC1. The van der Waals surface area contributed by atoms with Crippen molar-refractivity contribution in [2.24, 2.45) is 5.92 Å². The number of aliphatic hydroxyl groups is 1. The van der Waals surface area contributed by atoms with E-state index >= 15 is 0 Å². The Morgan fingerprint density at radius 2 is 1.80 bits per heavy atom. The molecule has 0 saturated heterocycles. The zero-order valence-corrected chi connectivity index (χ0v) is 11.1. The molecular weight excluding hydrogens is 267 g/mol. The molecule has 1 aliphatic heterocycles. The van der Waals surface area contributed by atoms with Crippen LogP contribution in [0, 0.1) is 5.92 Å². The minimum absolute atomic E-state index is 0.0223. The second-order valence-electron chi connectivity index (χ2n) is 5.98. The van der Waals surface area contributed by atoms with Gasteiger partial charge in [-0.3, -0.25) is 0 Å². The lowest BCUT2D eigenvalue weighted by molar-refractivity contribution is -0.193. The van der Waals surface area contributed by atoms with E-state index in [2.05, 4.69) is 5.32 Å². The Kier molecular flexibility index (Phi) is 3.20. The third kappa shape index (κ3) is 2.39. The second-order valence-corrected chi connectivity index (χ2v) is 5.98. The molecule has 0 aromatic heterocycles. The van der Waals surface area contributed by atoms with Gasteiger partial charge in [0.25, 0.3) is 0 Å². The molecule has 0 radical (unpaired) electrons. The van der Waals surface area contributed by atoms with Gasteiger partial charge in [-0.1, -0.05) is 18.2 Å². The summed E-state index contributed by atoms with van der Waals surface area (Å²) in [6.07, 6.45) is -2.98. The maximum atomic E-state index is 12.7. The quantitative estimate of drug-likeness (QED) is 0.827. The first-order valence-corrected chi connectivity index (χ1v) is 7.02. The fourth-order valence-corrected chi connectivity index (χ4v) is 3.42. The van der Waals surface area contributed by atoms with Crippen molar-refractivity contribution in [1.29, 1.82) is 0 Å². The predicted molar refractivity (Wildman–Crippen MR) is 70.5 cm³/mol. The van der Waals surface area contributed by atoms with E-state index in [1.54, 1.807) is 0 Å². The second kappa shape index (κ2) is 4.65. The van der Waals surface area contributed by atoms with Crippen molar-refractivity contribution >= 4 is 5.69 Å². The average Bonchev–Trinajstić information content (AvgIpc) is 2.82. The van der Waals surface area contributed by atoms with Crippen molar-refractivity contribution in [2.75, 3.05) is 5.32 Å². The Hall–Kier alpha value is -1.23. The summed E-state index contributed by atoms with van der Waals surface area (Å²) in [6, 6.07) is 7.62. The van der Waals surface area contributed by atoms with Crippen molar-refractivity contribution in [3.05, 3.63) is 29.8 Å². The molecule has 1 saturated carbocycles. The van der Waals surface area contributed by atoms with E-state index in [1.165, 1.54) is 0 Å². The summed E-state index contributed by atoms with van der Waals surface area (Å²) in [4.78, 5) is 0. The van der Waals surface area contributed by atoms with Crippen LogP contribution in [0.2, 0.25) is 0 Å². The van der Waals surface area contributed by atoms with E-state index in [1.807, 2.05) is 24.3 Å². The van der Waals surface area contributed by atoms with Crippen LogP contribution >= 0.6 is 0 Å². The van der Waals surface area contributed by atoms with Gasteiger partial charge >= 0.3 is 6.18 Å². The van der Waals surface area contributed by atoms with Crippen LogP contribution in [0.1, 0.15) is 31.2 Å². The van der Waals surface area contributed by atoms with Gasteiger partial charge in [0, 0.05) is 5.69 Å². The third-order valence-electron chi connectivity index (χ3n) is 4.73. The van der Waals surface area contributed by atoms with Crippen molar-refractivity contribution in [3.8, 4) is 0 Å². The smallest absolute Gasteiger partial charge is 0.388 e. The largest absolute Gasteiger partial charge is 0.391 e. The Morgan fingerprint density at radius 3 is 2.40 bits per heavy atom. The van der Waals surface area contributed by atoms with Crippen LogP contribution < -0.4 is 5.32 Å². The summed E-state index contributed by atoms with van der Waals surface area (Å²) in [6.45, 7) is 0. The van der Waals surface area contributed by atoms with E-state index in [4.69, 9.17) is 0 Å². The molecule has 1 aromatic carbocycles. The molecule has 1 aromatic rings. The highest BCUT2D eigenvalue weighted by Crippen LogP contribution is 2.44. The summed E-state index contributed by atoms with van der Waals surface area (Å²) < 4.78 is 38.1. The Bertz CT molecular complexity index is 467. The molecule has 1 unspecified atom stereocenters. The molecule has 0 spiro atoms. The number of fused-ring (bicyclic) bond motifs is 1. The van der Waals surface area contributed by atoms with Crippen molar-refractivity contribution < 1.29 is 18.3 Å². The van der Waals surface area contributed by atoms with E-state index in [0.717, 1.165) is 11.3 Å². The van der Waals surface area contributed by atoms with Crippen LogP contribution in [0.25, 0.3) is 0 Å². The normalized spacial score (nSPS) is 33.6.